The molecule has 0 bridgehead atoms. The van der Waals surface area contributed by atoms with E-state index in [2.05, 4.69) is 63.3 Å². The van der Waals surface area contributed by atoms with Crippen LogP contribution in [-0.2, 0) is 4.74 Å². The first-order valence-electron chi connectivity index (χ1n) is 7.40. The van der Waals surface area contributed by atoms with Crippen LogP contribution in [0, 0.1) is 11.8 Å². The molecule has 0 radical (unpaired) electrons. The second-order valence-electron chi connectivity index (χ2n) is 5.94. The van der Waals surface area contributed by atoms with Gasteiger partial charge in [0.2, 0.25) is 0 Å². The number of rotatable bonds is 8. The highest BCUT2D eigenvalue weighted by Gasteiger charge is 2.25. The maximum absolute atomic E-state index is 6.16. The molecule has 2 unspecified atom stereocenters. The van der Waals surface area contributed by atoms with Crippen molar-refractivity contribution < 1.29 is 4.74 Å². The summed E-state index contributed by atoms with van der Waals surface area (Å²) < 4.78 is 6.16. The summed E-state index contributed by atoms with van der Waals surface area (Å²) in [6, 6.07) is 10.8. The molecule has 19 heavy (non-hydrogen) atoms. The molecule has 2 nitrogen and oxygen atoms in total. The van der Waals surface area contributed by atoms with E-state index in [0.29, 0.717) is 11.8 Å². The van der Waals surface area contributed by atoms with Crippen molar-refractivity contribution in [3.8, 4) is 0 Å². The molecule has 0 aliphatic rings. The molecule has 1 aromatic rings. The zero-order chi connectivity index (χ0) is 14.3. The third-order valence-corrected chi connectivity index (χ3v) is 3.46. The highest BCUT2D eigenvalue weighted by atomic mass is 16.5. The Bertz CT molecular complexity index is 334. The van der Waals surface area contributed by atoms with Crippen molar-refractivity contribution in [2.45, 2.75) is 46.3 Å². The van der Waals surface area contributed by atoms with Crippen LogP contribution in [0.15, 0.2) is 30.3 Å². The molecule has 0 amide bonds. The number of hydrogen-bond donors (Lipinski definition) is 1. The number of likely N-dealkylation sites (N-methyl/N-ethyl adjacent to an activating group) is 1. The maximum Gasteiger partial charge on any atom is 0.0792 e. The van der Waals surface area contributed by atoms with Crippen LogP contribution < -0.4 is 5.32 Å². The van der Waals surface area contributed by atoms with Crippen LogP contribution in [-0.4, -0.2) is 19.8 Å². The Morgan fingerprint density at radius 3 is 2.16 bits per heavy atom. The Balaban J connectivity index is 2.72. The normalized spacial score (nSPS) is 14.9. The Hall–Kier alpha value is -0.860. The van der Waals surface area contributed by atoms with Gasteiger partial charge >= 0.3 is 0 Å². The van der Waals surface area contributed by atoms with E-state index in [0.717, 1.165) is 13.0 Å². The molecule has 1 aromatic carbocycles. The van der Waals surface area contributed by atoms with E-state index in [9.17, 15) is 0 Å². The molecular formula is C17H29NO. The van der Waals surface area contributed by atoms with Gasteiger partial charge in [-0.3, -0.25) is 0 Å². The van der Waals surface area contributed by atoms with Gasteiger partial charge in [0, 0.05) is 6.61 Å². The van der Waals surface area contributed by atoms with E-state index < -0.39 is 0 Å². The van der Waals surface area contributed by atoms with Crippen molar-refractivity contribution in [1.29, 1.82) is 0 Å². The molecule has 2 heteroatoms. The SMILES string of the molecule is CNC(c1ccccc1)C(OCCC(C)C)C(C)C. The summed E-state index contributed by atoms with van der Waals surface area (Å²) in [6.07, 6.45) is 1.33. The minimum Gasteiger partial charge on any atom is -0.376 e. The topological polar surface area (TPSA) is 21.3 Å². The van der Waals surface area contributed by atoms with Crippen LogP contribution >= 0.6 is 0 Å². The zero-order valence-electron chi connectivity index (χ0n) is 13.0. The molecule has 2 atom stereocenters. The lowest BCUT2D eigenvalue weighted by atomic mass is 9.93. The minimum absolute atomic E-state index is 0.214. The summed E-state index contributed by atoms with van der Waals surface area (Å²) in [7, 11) is 2.01. The number of ether oxygens (including phenoxy) is 1. The standard InChI is InChI=1S/C17H29NO/c1-13(2)11-12-19-17(14(3)4)16(18-5)15-9-7-6-8-10-15/h6-10,13-14,16-18H,11-12H2,1-5H3. The summed E-state index contributed by atoms with van der Waals surface area (Å²) in [5.41, 5.74) is 1.30. The van der Waals surface area contributed by atoms with Gasteiger partial charge in [0.05, 0.1) is 12.1 Å². The van der Waals surface area contributed by atoms with Gasteiger partial charge in [0.25, 0.3) is 0 Å². The summed E-state index contributed by atoms with van der Waals surface area (Å²) in [6.45, 7) is 9.77. The summed E-state index contributed by atoms with van der Waals surface area (Å²) in [4.78, 5) is 0. The predicted octanol–water partition coefficient (Wildman–Crippen LogP) is 4.03. The fourth-order valence-corrected chi connectivity index (χ4v) is 2.29. The van der Waals surface area contributed by atoms with Gasteiger partial charge in [-0.1, -0.05) is 58.0 Å². The van der Waals surface area contributed by atoms with Gasteiger partial charge in [0.1, 0.15) is 0 Å². The summed E-state index contributed by atoms with van der Waals surface area (Å²) in [5, 5.41) is 3.41. The lowest BCUT2D eigenvalue weighted by molar-refractivity contribution is -0.00710. The number of hydrogen-bond acceptors (Lipinski definition) is 2. The second kappa shape index (κ2) is 8.34. The van der Waals surface area contributed by atoms with Crippen molar-refractivity contribution in [2.24, 2.45) is 11.8 Å². The van der Waals surface area contributed by atoms with E-state index >= 15 is 0 Å². The van der Waals surface area contributed by atoms with Gasteiger partial charge in [-0.25, -0.2) is 0 Å². The molecule has 1 rings (SSSR count). The average molecular weight is 263 g/mol. The van der Waals surface area contributed by atoms with Crippen LogP contribution in [0.3, 0.4) is 0 Å². The summed E-state index contributed by atoms with van der Waals surface area (Å²) in [5.74, 6) is 1.18. The van der Waals surface area contributed by atoms with E-state index in [-0.39, 0.29) is 12.1 Å². The molecule has 0 aliphatic carbocycles. The Morgan fingerprint density at radius 2 is 1.68 bits per heavy atom. The Labute approximate surface area is 118 Å². The zero-order valence-corrected chi connectivity index (χ0v) is 13.0. The van der Waals surface area contributed by atoms with Crippen LogP contribution in [0.5, 0.6) is 0 Å². The molecule has 0 saturated carbocycles. The molecule has 0 heterocycles. The Morgan fingerprint density at radius 1 is 1.05 bits per heavy atom. The van der Waals surface area contributed by atoms with E-state index in [4.69, 9.17) is 4.74 Å². The van der Waals surface area contributed by atoms with Gasteiger partial charge in [0.15, 0.2) is 0 Å². The van der Waals surface area contributed by atoms with Gasteiger partial charge < -0.3 is 10.1 Å². The molecule has 108 valence electrons. The number of nitrogens with one attached hydrogen (secondary N) is 1. The van der Waals surface area contributed by atoms with Gasteiger partial charge in [-0.05, 0) is 30.9 Å². The van der Waals surface area contributed by atoms with Crippen LogP contribution in [0.2, 0.25) is 0 Å². The van der Waals surface area contributed by atoms with E-state index in [1.54, 1.807) is 0 Å². The molecule has 0 fully saturated rings. The van der Waals surface area contributed by atoms with Crippen molar-refractivity contribution in [1.82, 2.24) is 5.32 Å². The second-order valence-corrected chi connectivity index (χ2v) is 5.94. The van der Waals surface area contributed by atoms with Gasteiger partial charge in [-0.2, -0.15) is 0 Å². The first-order valence-corrected chi connectivity index (χ1v) is 7.40. The molecule has 0 saturated heterocycles. The van der Waals surface area contributed by atoms with Crippen LogP contribution in [0.25, 0.3) is 0 Å². The van der Waals surface area contributed by atoms with E-state index in [1.165, 1.54) is 5.56 Å². The van der Waals surface area contributed by atoms with Crippen LogP contribution in [0.4, 0.5) is 0 Å². The van der Waals surface area contributed by atoms with Crippen molar-refractivity contribution >= 4 is 0 Å². The number of benzene rings is 1. The van der Waals surface area contributed by atoms with Crippen LogP contribution in [0.1, 0.15) is 45.7 Å². The largest absolute Gasteiger partial charge is 0.376 e. The predicted molar refractivity (Wildman–Crippen MR) is 82.3 cm³/mol. The fourth-order valence-electron chi connectivity index (χ4n) is 2.29. The highest BCUT2D eigenvalue weighted by Crippen LogP contribution is 2.24. The molecule has 0 spiro atoms. The first-order chi connectivity index (χ1) is 9.06. The highest BCUT2D eigenvalue weighted by molar-refractivity contribution is 5.20. The third kappa shape index (κ3) is 5.33. The monoisotopic (exact) mass is 263 g/mol. The molecular weight excluding hydrogens is 234 g/mol. The quantitative estimate of drug-likeness (QED) is 0.764. The lowest BCUT2D eigenvalue weighted by Gasteiger charge is -2.30. The van der Waals surface area contributed by atoms with Crippen molar-refractivity contribution in [3.63, 3.8) is 0 Å². The molecule has 1 N–H and O–H groups in total. The molecule has 0 aliphatic heterocycles. The smallest absolute Gasteiger partial charge is 0.0792 e. The minimum atomic E-state index is 0.214. The average Bonchev–Trinajstić information content (AvgIpc) is 2.38. The third-order valence-electron chi connectivity index (χ3n) is 3.46. The Kier molecular flexibility index (Phi) is 7.11. The first kappa shape index (κ1) is 16.2. The molecule has 0 aromatic heterocycles. The van der Waals surface area contributed by atoms with Crippen molar-refractivity contribution in [2.75, 3.05) is 13.7 Å². The lowest BCUT2D eigenvalue weighted by Crippen LogP contribution is -2.36. The van der Waals surface area contributed by atoms with Gasteiger partial charge in [-0.15, -0.1) is 0 Å². The van der Waals surface area contributed by atoms with E-state index in [1.807, 2.05) is 7.05 Å². The fraction of sp³-hybridized carbons (Fsp3) is 0.647. The van der Waals surface area contributed by atoms with Crippen molar-refractivity contribution in [3.05, 3.63) is 35.9 Å². The summed E-state index contributed by atoms with van der Waals surface area (Å²) >= 11 is 0. The maximum atomic E-state index is 6.16.